The maximum absolute atomic E-state index is 12.0. The Morgan fingerprint density at radius 3 is 2.58 bits per heavy atom. The second kappa shape index (κ2) is 4.72. The predicted molar refractivity (Wildman–Crippen MR) is 75.4 cm³/mol. The SMILES string of the molecule is Cc1cc(C)c2c(C)c(/C=C/C(=O)O)c(=O)[nH]c2c1. The summed E-state index contributed by atoms with van der Waals surface area (Å²) in [5, 5.41) is 9.63. The lowest BCUT2D eigenvalue weighted by molar-refractivity contribution is -0.131. The van der Waals surface area contributed by atoms with Crippen LogP contribution in [0.3, 0.4) is 0 Å². The van der Waals surface area contributed by atoms with E-state index in [1.165, 1.54) is 6.08 Å². The molecule has 98 valence electrons. The van der Waals surface area contributed by atoms with Crippen LogP contribution in [0.15, 0.2) is 23.0 Å². The number of nitrogens with one attached hydrogen (secondary N) is 1. The Labute approximate surface area is 110 Å². The molecule has 4 heteroatoms. The molecule has 0 spiro atoms. The summed E-state index contributed by atoms with van der Waals surface area (Å²) in [6.07, 6.45) is 2.32. The average molecular weight is 257 g/mol. The van der Waals surface area contributed by atoms with Crippen LogP contribution < -0.4 is 5.56 Å². The van der Waals surface area contributed by atoms with Crippen LogP contribution in [0, 0.1) is 20.8 Å². The number of pyridine rings is 1. The standard InChI is InChI=1S/C15H15NO3/c1-8-6-9(2)14-10(3)11(4-5-13(17)18)15(19)16-12(14)7-8/h4-7H,1-3H3,(H,16,19)(H,17,18)/b5-4+. The van der Waals surface area contributed by atoms with Crippen LogP contribution in [0.2, 0.25) is 0 Å². The van der Waals surface area contributed by atoms with Crippen molar-refractivity contribution in [3.63, 3.8) is 0 Å². The number of fused-ring (bicyclic) bond motifs is 1. The monoisotopic (exact) mass is 257 g/mol. The van der Waals surface area contributed by atoms with Crippen LogP contribution in [-0.2, 0) is 4.79 Å². The Kier molecular flexibility index (Phi) is 3.25. The number of aliphatic carboxylic acids is 1. The molecule has 1 heterocycles. The molecule has 19 heavy (non-hydrogen) atoms. The number of hydrogen-bond acceptors (Lipinski definition) is 2. The molecule has 0 fully saturated rings. The lowest BCUT2D eigenvalue weighted by atomic mass is 9.98. The average Bonchev–Trinajstić information content (AvgIpc) is 2.26. The Bertz CT molecular complexity index is 754. The Morgan fingerprint density at radius 1 is 1.26 bits per heavy atom. The number of rotatable bonds is 2. The number of carboxylic acids is 1. The van der Waals surface area contributed by atoms with E-state index >= 15 is 0 Å². The van der Waals surface area contributed by atoms with E-state index in [0.717, 1.165) is 33.7 Å². The summed E-state index contributed by atoms with van der Waals surface area (Å²) in [6.45, 7) is 5.78. The first-order valence-electron chi connectivity index (χ1n) is 5.95. The number of benzene rings is 1. The van der Waals surface area contributed by atoms with Gasteiger partial charge < -0.3 is 10.1 Å². The number of hydrogen-bond donors (Lipinski definition) is 2. The van der Waals surface area contributed by atoms with Gasteiger partial charge in [0.15, 0.2) is 0 Å². The molecule has 0 saturated heterocycles. The van der Waals surface area contributed by atoms with Crippen LogP contribution in [0.5, 0.6) is 0 Å². The Morgan fingerprint density at radius 2 is 1.95 bits per heavy atom. The highest BCUT2D eigenvalue weighted by Crippen LogP contribution is 2.23. The number of carboxylic acid groups (broad SMARTS) is 1. The van der Waals surface area contributed by atoms with Gasteiger partial charge in [-0.1, -0.05) is 6.07 Å². The number of aryl methyl sites for hydroxylation is 3. The second-order valence-corrected chi connectivity index (χ2v) is 4.67. The summed E-state index contributed by atoms with van der Waals surface area (Å²) in [5.41, 5.74) is 3.85. The first kappa shape index (κ1) is 13.1. The molecule has 0 saturated carbocycles. The van der Waals surface area contributed by atoms with Gasteiger partial charge >= 0.3 is 5.97 Å². The fourth-order valence-electron chi connectivity index (χ4n) is 2.41. The van der Waals surface area contributed by atoms with Gasteiger partial charge in [-0.15, -0.1) is 0 Å². The molecule has 0 amide bonds. The van der Waals surface area contributed by atoms with Gasteiger partial charge in [-0.25, -0.2) is 4.79 Å². The van der Waals surface area contributed by atoms with Crippen molar-refractivity contribution in [1.82, 2.24) is 4.98 Å². The van der Waals surface area contributed by atoms with Gasteiger partial charge in [0.05, 0.1) is 0 Å². The van der Waals surface area contributed by atoms with Crippen molar-refractivity contribution >= 4 is 22.9 Å². The van der Waals surface area contributed by atoms with Crippen molar-refractivity contribution in [2.75, 3.05) is 0 Å². The number of aromatic amines is 1. The normalized spacial score (nSPS) is 11.3. The molecule has 0 unspecified atom stereocenters. The van der Waals surface area contributed by atoms with E-state index in [-0.39, 0.29) is 5.56 Å². The highest BCUT2D eigenvalue weighted by molar-refractivity contribution is 5.91. The van der Waals surface area contributed by atoms with E-state index in [9.17, 15) is 9.59 Å². The van der Waals surface area contributed by atoms with Crippen molar-refractivity contribution in [1.29, 1.82) is 0 Å². The topological polar surface area (TPSA) is 70.2 Å². The molecule has 2 aromatic rings. The Hall–Kier alpha value is -2.36. The molecule has 2 rings (SSSR count). The second-order valence-electron chi connectivity index (χ2n) is 4.67. The van der Waals surface area contributed by atoms with E-state index in [1.807, 2.05) is 32.9 Å². The summed E-state index contributed by atoms with van der Waals surface area (Å²) in [5.74, 6) is -1.07. The maximum atomic E-state index is 12.0. The fraction of sp³-hybridized carbons (Fsp3) is 0.200. The van der Waals surface area contributed by atoms with Gasteiger partial charge in [0.25, 0.3) is 5.56 Å². The third-order valence-electron chi connectivity index (χ3n) is 3.14. The molecule has 0 aliphatic rings. The smallest absolute Gasteiger partial charge is 0.328 e. The van der Waals surface area contributed by atoms with E-state index in [0.29, 0.717) is 5.56 Å². The number of carbonyl (C=O) groups is 1. The molecule has 0 aliphatic heterocycles. The zero-order chi connectivity index (χ0) is 14.2. The molecule has 0 bridgehead atoms. The third kappa shape index (κ3) is 2.42. The highest BCUT2D eigenvalue weighted by Gasteiger charge is 2.09. The van der Waals surface area contributed by atoms with E-state index in [1.54, 1.807) is 0 Å². The minimum atomic E-state index is -1.07. The minimum absolute atomic E-state index is 0.271. The van der Waals surface area contributed by atoms with Crippen molar-refractivity contribution in [2.24, 2.45) is 0 Å². The van der Waals surface area contributed by atoms with Gasteiger partial charge in [0.2, 0.25) is 0 Å². The molecule has 2 N–H and O–H groups in total. The highest BCUT2D eigenvalue weighted by atomic mass is 16.4. The number of aromatic nitrogens is 1. The van der Waals surface area contributed by atoms with Crippen LogP contribution in [0.25, 0.3) is 17.0 Å². The van der Waals surface area contributed by atoms with Gasteiger partial charge in [-0.2, -0.15) is 0 Å². The van der Waals surface area contributed by atoms with Crippen LogP contribution in [0.1, 0.15) is 22.3 Å². The zero-order valence-electron chi connectivity index (χ0n) is 11.1. The molecular formula is C15H15NO3. The predicted octanol–water partition coefficient (Wildman–Crippen LogP) is 2.55. The Balaban J connectivity index is 2.82. The van der Waals surface area contributed by atoms with Gasteiger partial charge in [0.1, 0.15) is 0 Å². The van der Waals surface area contributed by atoms with Gasteiger partial charge in [-0.05, 0) is 49.6 Å². The fourth-order valence-corrected chi connectivity index (χ4v) is 2.41. The molecule has 4 nitrogen and oxygen atoms in total. The molecule has 0 atom stereocenters. The largest absolute Gasteiger partial charge is 0.478 e. The van der Waals surface area contributed by atoms with E-state index in [2.05, 4.69) is 4.98 Å². The van der Waals surface area contributed by atoms with Crippen molar-refractivity contribution in [2.45, 2.75) is 20.8 Å². The summed E-state index contributed by atoms with van der Waals surface area (Å²) in [4.78, 5) is 25.4. The maximum Gasteiger partial charge on any atom is 0.328 e. The van der Waals surface area contributed by atoms with Gasteiger partial charge in [-0.3, -0.25) is 4.79 Å². The van der Waals surface area contributed by atoms with E-state index < -0.39 is 5.97 Å². The van der Waals surface area contributed by atoms with Crippen molar-refractivity contribution in [3.05, 3.63) is 50.8 Å². The molecule has 0 aliphatic carbocycles. The van der Waals surface area contributed by atoms with E-state index in [4.69, 9.17) is 5.11 Å². The van der Waals surface area contributed by atoms with Crippen molar-refractivity contribution in [3.8, 4) is 0 Å². The first-order valence-corrected chi connectivity index (χ1v) is 5.95. The van der Waals surface area contributed by atoms with Gasteiger partial charge in [0, 0.05) is 22.5 Å². The van der Waals surface area contributed by atoms with Crippen LogP contribution in [-0.4, -0.2) is 16.1 Å². The zero-order valence-corrected chi connectivity index (χ0v) is 11.1. The molecular weight excluding hydrogens is 242 g/mol. The van der Waals surface area contributed by atoms with Crippen molar-refractivity contribution < 1.29 is 9.90 Å². The molecule has 1 aromatic carbocycles. The molecule has 1 aromatic heterocycles. The third-order valence-corrected chi connectivity index (χ3v) is 3.14. The lowest BCUT2D eigenvalue weighted by Gasteiger charge is -2.09. The summed E-state index contributed by atoms with van der Waals surface area (Å²) >= 11 is 0. The minimum Gasteiger partial charge on any atom is -0.478 e. The quantitative estimate of drug-likeness (QED) is 0.812. The van der Waals surface area contributed by atoms with Crippen LogP contribution >= 0.6 is 0 Å². The summed E-state index contributed by atoms with van der Waals surface area (Å²) in [6, 6.07) is 3.96. The number of H-pyrrole nitrogens is 1. The summed E-state index contributed by atoms with van der Waals surface area (Å²) < 4.78 is 0. The lowest BCUT2D eigenvalue weighted by Crippen LogP contribution is -2.12. The summed E-state index contributed by atoms with van der Waals surface area (Å²) in [7, 11) is 0. The van der Waals surface area contributed by atoms with Crippen LogP contribution in [0.4, 0.5) is 0 Å². The first-order chi connectivity index (χ1) is 8.90. The molecule has 0 radical (unpaired) electrons.